The minimum absolute atomic E-state index is 0.201. The average Bonchev–Trinajstić information content (AvgIpc) is 3.24. The fourth-order valence-electron chi connectivity index (χ4n) is 3.12. The molecule has 2 fully saturated rings. The maximum Gasteiger partial charge on any atom is 0.417 e. The van der Waals surface area contributed by atoms with Gasteiger partial charge in [0.05, 0.1) is 27.9 Å². The maximum absolute atomic E-state index is 12.9. The van der Waals surface area contributed by atoms with Gasteiger partial charge in [-0.3, -0.25) is 0 Å². The molecule has 29 heavy (non-hydrogen) atoms. The van der Waals surface area contributed by atoms with Crippen molar-refractivity contribution < 1.29 is 36.2 Å². The van der Waals surface area contributed by atoms with E-state index in [4.69, 9.17) is 15.1 Å². The Balaban J connectivity index is 0.000000278. The van der Waals surface area contributed by atoms with Crippen molar-refractivity contribution in [2.75, 3.05) is 7.11 Å². The van der Waals surface area contributed by atoms with Crippen LogP contribution in [0.4, 0.5) is 18.0 Å². The third-order valence-corrected chi connectivity index (χ3v) is 7.19. The first kappa shape index (κ1) is 23.0. The van der Waals surface area contributed by atoms with Gasteiger partial charge in [0.1, 0.15) is 5.54 Å². The number of sulfone groups is 1. The van der Waals surface area contributed by atoms with Crippen LogP contribution in [0.2, 0.25) is 0 Å². The van der Waals surface area contributed by atoms with E-state index in [0.717, 1.165) is 12.1 Å². The summed E-state index contributed by atoms with van der Waals surface area (Å²) in [6.45, 7) is 0. The number of hydrogen-bond donors (Lipinski definition) is 2. The van der Waals surface area contributed by atoms with Gasteiger partial charge in [-0.05, 0) is 44.2 Å². The fourth-order valence-corrected chi connectivity index (χ4v) is 5.15. The largest absolute Gasteiger partial charge is 0.465 e. The Labute approximate surface area is 166 Å². The van der Waals surface area contributed by atoms with Crippen LogP contribution in [0.3, 0.4) is 0 Å². The van der Waals surface area contributed by atoms with Gasteiger partial charge in [0.15, 0.2) is 9.84 Å². The van der Waals surface area contributed by atoms with Gasteiger partial charge < -0.3 is 15.2 Å². The highest BCUT2D eigenvalue weighted by atomic mass is 32.2. The molecular formula is C18H21F3N2O5S. The van der Waals surface area contributed by atoms with Crippen molar-refractivity contribution >= 4 is 15.9 Å². The van der Waals surface area contributed by atoms with Crippen LogP contribution in [0.25, 0.3) is 0 Å². The molecule has 2 aliphatic rings. The molecule has 11 heteroatoms. The number of halogens is 3. The minimum atomic E-state index is -4.68. The molecule has 0 aliphatic heterocycles. The van der Waals surface area contributed by atoms with E-state index < -0.39 is 43.4 Å². The van der Waals surface area contributed by atoms with E-state index in [-0.39, 0.29) is 12.5 Å². The Hall–Kier alpha value is -2.32. The highest BCUT2D eigenvalue weighted by Crippen LogP contribution is 2.38. The van der Waals surface area contributed by atoms with Gasteiger partial charge in [-0.15, -0.1) is 0 Å². The van der Waals surface area contributed by atoms with Gasteiger partial charge in [0.2, 0.25) is 0 Å². The summed E-state index contributed by atoms with van der Waals surface area (Å²) in [6.07, 6.45) is -3.58. The van der Waals surface area contributed by atoms with Crippen molar-refractivity contribution in [3.8, 4) is 6.07 Å². The quantitative estimate of drug-likeness (QED) is 0.751. The molecule has 7 nitrogen and oxygen atoms in total. The highest BCUT2D eigenvalue weighted by molar-refractivity contribution is 7.92. The smallest absolute Gasteiger partial charge is 0.417 e. The van der Waals surface area contributed by atoms with E-state index in [2.05, 4.69) is 5.32 Å². The second kappa shape index (κ2) is 8.59. The molecule has 3 rings (SSSR count). The van der Waals surface area contributed by atoms with Gasteiger partial charge in [-0.2, -0.15) is 18.4 Å². The Bertz CT molecular complexity index is 891. The number of hydrogen-bond acceptors (Lipinski definition) is 5. The Morgan fingerprint density at radius 1 is 1.31 bits per heavy atom. The molecule has 1 aromatic carbocycles. The lowest BCUT2D eigenvalue weighted by molar-refractivity contribution is -0.139. The Kier molecular flexibility index (Phi) is 6.80. The molecular weight excluding hydrogens is 413 g/mol. The lowest BCUT2D eigenvalue weighted by Crippen LogP contribution is -2.33. The number of alkyl halides is 3. The Morgan fingerprint density at radius 3 is 2.34 bits per heavy atom. The SMILES string of the molecule is CO[C@@H]1CC[C@@H](S(=O)(=O)c2ccccc2C(F)(F)F)C1.N#CC1(NC(=O)O)CC1. The van der Waals surface area contributed by atoms with Crippen molar-refractivity contribution in [3.05, 3.63) is 29.8 Å². The van der Waals surface area contributed by atoms with Crippen molar-refractivity contribution in [2.45, 2.75) is 60.1 Å². The summed E-state index contributed by atoms with van der Waals surface area (Å²) in [5.41, 5.74) is -1.83. The summed E-state index contributed by atoms with van der Waals surface area (Å²) >= 11 is 0. The van der Waals surface area contributed by atoms with Crippen LogP contribution < -0.4 is 5.32 Å². The first-order valence-electron chi connectivity index (χ1n) is 8.80. The van der Waals surface area contributed by atoms with Crippen LogP contribution in [-0.4, -0.2) is 43.6 Å². The molecule has 0 heterocycles. The average molecular weight is 434 g/mol. The van der Waals surface area contributed by atoms with Crippen LogP contribution in [0.5, 0.6) is 0 Å². The zero-order valence-electron chi connectivity index (χ0n) is 15.6. The second-order valence-corrected chi connectivity index (χ2v) is 9.15. The van der Waals surface area contributed by atoms with E-state index in [1.54, 1.807) is 0 Å². The molecule has 0 spiro atoms. The number of nitrogens with one attached hydrogen (secondary N) is 1. The molecule has 0 saturated heterocycles. The van der Waals surface area contributed by atoms with Gasteiger partial charge in [0.25, 0.3) is 0 Å². The number of rotatable bonds is 4. The fraction of sp³-hybridized carbons (Fsp3) is 0.556. The Morgan fingerprint density at radius 2 is 1.93 bits per heavy atom. The molecule has 2 saturated carbocycles. The van der Waals surface area contributed by atoms with Crippen LogP contribution in [-0.2, 0) is 20.8 Å². The molecule has 0 aromatic heterocycles. The lowest BCUT2D eigenvalue weighted by Gasteiger charge is -2.17. The number of benzene rings is 1. The monoisotopic (exact) mass is 434 g/mol. The zero-order valence-corrected chi connectivity index (χ0v) is 16.4. The molecule has 2 atom stereocenters. The maximum atomic E-state index is 12.9. The topological polar surface area (TPSA) is 116 Å². The molecule has 1 amide bonds. The molecule has 160 valence electrons. The van der Waals surface area contributed by atoms with Crippen LogP contribution in [0.15, 0.2) is 29.2 Å². The predicted octanol–water partition coefficient (Wildman–Crippen LogP) is 3.36. The minimum Gasteiger partial charge on any atom is -0.465 e. The molecule has 0 unspecified atom stereocenters. The van der Waals surface area contributed by atoms with E-state index in [1.807, 2.05) is 6.07 Å². The first-order valence-corrected chi connectivity index (χ1v) is 10.3. The number of nitrogens with zero attached hydrogens (tertiary/aromatic N) is 1. The number of ether oxygens (including phenoxy) is 1. The summed E-state index contributed by atoms with van der Waals surface area (Å²) in [5.74, 6) is 0. The molecule has 1 aromatic rings. The van der Waals surface area contributed by atoms with Crippen LogP contribution in [0, 0.1) is 11.3 Å². The van der Waals surface area contributed by atoms with Gasteiger partial charge in [-0.1, -0.05) is 12.1 Å². The van der Waals surface area contributed by atoms with Crippen LogP contribution in [0.1, 0.15) is 37.7 Å². The van der Waals surface area contributed by atoms with Gasteiger partial charge >= 0.3 is 12.3 Å². The summed E-state index contributed by atoms with van der Waals surface area (Å²) in [6, 6.07) is 6.22. The number of methoxy groups -OCH3 is 1. The van der Waals surface area contributed by atoms with Gasteiger partial charge in [0, 0.05) is 7.11 Å². The summed E-state index contributed by atoms with van der Waals surface area (Å²) in [4.78, 5) is 9.32. The number of amides is 1. The standard InChI is InChI=1S/C13H15F3O3S.C5H6N2O2/c1-19-9-6-7-10(8-9)20(17,18)12-5-3-2-4-11(12)13(14,15)16;6-3-5(1-2-5)7-4(8)9/h2-5,9-10H,6-8H2,1H3;7H,1-2H2,(H,8,9)/t9-,10-;/m1./s1. The first-order chi connectivity index (χ1) is 13.4. The van der Waals surface area contributed by atoms with E-state index in [9.17, 15) is 26.4 Å². The van der Waals surface area contributed by atoms with Crippen LogP contribution >= 0.6 is 0 Å². The van der Waals surface area contributed by atoms with Crippen molar-refractivity contribution in [1.29, 1.82) is 5.26 Å². The molecule has 0 bridgehead atoms. The molecule has 2 N–H and O–H groups in total. The number of nitriles is 1. The summed E-state index contributed by atoms with van der Waals surface area (Å²) in [5, 5.41) is 17.8. The third kappa shape index (κ3) is 5.61. The van der Waals surface area contributed by atoms with Crippen molar-refractivity contribution in [3.63, 3.8) is 0 Å². The third-order valence-electron chi connectivity index (χ3n) is 4.92. The van der Waals surface area contributed by atoms with Crippen molar-refractivity contribution in [2.24, 2.45) is 0 Å². The van der Waals surface area contributed by atoms with E-state index in [0.29, 0.717) is 25.7 Å². The lowest BCUT2D eigenvalue weighted by atomic mass is 10.2. The van der Waals surface area contributed by atoms with Gasteiger partial charge in [-0.25, -0.2) is 13.2 Å². The second-order valence-electron chi connectivity index (χ2n) is 6.96. The summed E-state index contributed by atoms with van der Waals surface area (Å²) in [7, 11) is -2.52. The normalized spacial score (nSPS) is 22.7. The van der Waals surface area contributed by atoms with Crippen molar-refractivity contribution in [1.82, 2.24) is 5.32 Å². The summed E-state index contributed by atoms with van der Waals surface area (Å²) < 4.78 is 68.7. The highest BCUT2D eigenvalue weighted by Gasteiger charge is 2.44. The predicted molar refractivity (Wildman–Crippen MR) is 95.8 cm³/mol. The molecule has 2 aliphatic carbocycles. The van der Waals surface area contributed by atoms with E-state index >= 15 is 0 Å². The van der Waals surface area contributed by atoms with E-state index in [1.165, 1.54) is 19.2 Å². The number of carboxylic acid groups (broad SMARTS) is 1. The molecule has 0 radical (unpaired) electrons. The zero-order chi connectivity index (χ0) is 21.9. The number of carbonyl (C=O) groups is 1.